The van der Waals surface area contributed by atoms with Gasteiger partial charge in [-0.3, -0.25) is 0 Å². The quantitative estimate of drug-likeness (QED) is 0.779. The topological polar surface area (TPSA) is 78.1 Å². The Kier molecular flexibility index (Phi) is 5.07. The van der Waals surface area contributed by atoms with Gasteiger partial charge in [0.25, 0.3) is 0 Å². The van der Waals surface area contributed by atoms with Crippen molar-refractivity contribution in [3.8, 4) is 17.2 Å². The molecule has 7 nitrogen and oxygen atoms in total. The Morgan fingerprint density at radius 1 is 1.39 bits per heavy atom. The zero-order valence-corrected chi connectivity index (χ0v) is 13.2. The van der Waals surface area contributed by atoms with Gasteiger partial charge in [-0.15, -0.1) is 0 Å². The van der Waals surface area contributed by atoms with E-state index in [1.54, 1.807) is 12.1 Å². The number of urea groups is 1. The molecule has 1 aromatic carbocycles. The Morgan fingerprint density at radius 2 is 2.26 bits per heavy atom. The van der Waals surface area contributed by atoms with Gasteiger partial charge in [-0.25, -0.2) is 4.79 Å². The molecule has 0 unspecified atom stereocenters. The van der Waals surface area contributed by atoms with Gasteiger partial charge in [0.1, 0.15) is 12.4 Å². The smallest absolute Gasteiger partial charge is 0.315 e. The minimum Gasteiger partial charge on any atom is -0.492 e. The predicted octanol–water partition coefficient (Wildman–Crippen LogP) is 1.66. The van der Waals surface area contributed by atoms with Crippen LogP contribution >= 0.6 is 0 Å². The molecule has 0 spiro atoms. The molecule has 0 aliphatic carbocycles. The first kappa shape index (κ1) is 15.7. The summed E-state index contributed by atoms with van der Waals surface area (Å²) in [6.45, 7) is 3.77. The zero-order chi connectivity index (χ0) is 16.1. The number of carbonyl (C=O) groups excluding carboxylic acids is 1. The average Bonchev–Trinajstić information content (AvgIpc) is 3.22. The lowest BCUT2D eigenvalue weighted by atomic mass is 10.1. The van der Waals surface area contributed by atoms with Crippen LogP contribution in [0.2, 0.25) is 0 Å². The molecule has 126 valence electrons. The van der Waals surface area contributed by atoms with E-state index in [2.05, 4.69) is 10.6 Å². The molecule has 0 saturated carbocycles. The van der Waals surface area contributed by atoms with Gasteiger partial charge in [-0.05, 0) is 31.9 Å². The molecule has 7 heteroatoms. The number of amides is 2. The largest absolute Gasteiger partial charge is 0.492 e. The van der Waals surface area contributed by atoms with Crippen molar-refractivity contribution in [1.82, 2.24) is 10.6 Å². The highest BCUT2D eigenvalue weighted by Gasteiger charge is 2.23. The van der Waals surface area contributed by atoms with Crippen LogP contribution in [-0.2, 0) is 4.74 Å². The lowest BCUT2D eigenvalue weighted by Gasteiger charge is -2.20. The van der Waals surface area contributed by atoms with Gasteiger partial charge in [0, 0.05) is 12.7 Å². The van der Waals surface area contributed by atoms with E-state index in [9.17, 15) is 4.79 Å². The molecule has 0 radical (unpaired) electrons. The fourth-order valence-electron chi connectivity index (χ4n) is 2.65. The van der Waals surface area contributed by atoms with Gasteiger partial charge in [0.15, 0.2) is 11.5 Å². The third kappa shape index (κ3) is 4.19. The second kappa shape index (κ2) is 7.41. The number of ether oxygens (including phenoxy) is 4. The Balaban J connectivity index is 1.34. The molecule has 23 heavy (non-hydrogen) atoms. The second-order valence-corrected chi connectivity index (χ2v) is 5.60. The maximum Gasteiger partial charge on any atom is 0.315 e. The first-order chi connectivity index (χ1) is 11.2. The van der Waals surface area contributed by atoms with Crippen molar-refractivity contribution in [2.24, 2.45) is 0 Å². The number of fused-ring (bicyclic) bond motifs is 1. The monoisotopic (exact) mass is 322 g/mol. The minimum absolute atomic E-state index is 0.00674. The molecule has 2 aliphatic rings. The summed E-state index contributed by atoms with van der Waals surface area (Å²) in [7, 11) is 0. The maximum absolute atomic E-state index is 11.8. The summed E-state index contributed by atoms with van der Waals surface area (Å²) in [5, 5.41) is 5.66. The molecule has 0 aromatic heterocycles. The molecule has 2 heterocycles. The lowest BCUT2D eigenvalue weighted by molar-refractivity contribution is 0.0860. The van der Waals surface area contributed by atoms with Crippen LogP contribution in [0, 0.1) is 0 Å². The Morgan fingerprint density at radius 3 is 3.09 bits per heavy atom. The van der Waals surface area contributed by atoms with Crippen LogP contribution in [-0.4, -0.2) is 44.7 Å². The fraction of sp³-hybridized carbons (Fsp3) is 0.562. The van der Waals surface area contributed by atoms with E-state index >= 15 is 0 Å². The Hall–Kier alpha value is -2.15. The van der Waals surface area contributed by atoms with Gasteiger partial charge in [-0.1, -0.05) is 0 Å². The minimum atomic E-state index is -0.206. The van der Waals surface area contributed by atoms with Crippen LogP contribution in [0.1, 0.15) is 19.8 Å². The van der Waals surface area contributed by atoms with Gasteiger partial charge in [0.05, 0.1) is 18.7 Å². The summed E-state index contributed by atoms with van der Waals surface area (Å²) in [6.07, 6.45) is 2.17. The second-order valence-electron chi connectivity index (χ2n) is 5.60. The molecule has 3 rings (SSSR count). The summed E-state index contributed by atoms with van der Waals surface area (Å²) in [6, 6.07) is 5.20. The first-order valence-corrected chi connectivity index (χ1v) is 7.91. The fourth-order valence-corrected chi connectivity index (χ4v) is 2.65. The molecule has 2 aliphatic heterocycles. The van der Waals surface area contributed by atoms with E-state index < -0.39 is 0 Å². The van der Waals surface area contributed by atoms with E-state index in [4.69, 9.17) is 18.9 Å². The molecule has 2 N–H and O–H groups in total. The maximum atomic E-state index is 11.8. The van der Waals surface area contributed by atoms with Gasteiger partial charge in [0.2, 0.25) is 6.79 Å². The average molecular weight is 322 g/mol. The molecule has 1 fully saturated rings. The van der Waals surface area contributed by atoms with Crippen molar-refractivity contribution in [3.05, 3.63) is 18.2 Å². The van der Waals surface area contributed by atoms with Crippen molar-refractivity contribution in [2.75, 3.05) is 26.6 Å². The molecular weight excluding hydrogens is 300 g/mol. The SMILES string of the molecule is C[C@@H](NC(=O)NCCOc1ccc2c(c1)OCO2)[C@@H]1CCCO1. The highest BCUT2D eigenvalue weighted by atomic mass is 16.7. The van der Waals surface area contributed by atoms with Crippen LogP contribution in [0.15, 0.2) is 18.2 Å². The zero-order valence-electron chi connectivity index (χ0n) is 13.2. The highest BCUT2D eigenvalue weighted by Crippen LogP contribution is 2.34. The molecule has 2 amide bonds. The van der Waals surface area contributed by atoms with Crippen molar-refractivity contribution < 1.29 is 23.7 Å². The molecule has 2 atom stereocenters. The van der Waals surface area contributed by atoms with E-state index in [1.807, 2.05) is 13.0 Å². The normalized spacial score (nSPS) is 20.1. The van der Waals surface area contributed by atoms with Crippen molar-refractivity contribution in [2.45, 2.75) is 31.9 Å². The van der Waals surface area contributed by atoms with E-state index in [-0.39, 0.29) is 25.0 Å². The number of hydrogen-bond donors (Lipinski definition) is 2. The van der Waals surface area contributed by atoms with Crippen LogP contribution in [0.3, 0.4) is 0 Å². The first-order valence-electron chi connectivity index (χ1n) is 7.91. The summed E-state index contributed by atoms with van der Waals surface area (Å²) in [5.74, 6) is 2.08. The number of rotatable bonds is 6. The summed E-state index contributed by atoms with van der Waals surface area (Å²) >= 11 is 0. The van der Waals surface area contributed by atoms with E-state index in [1.165, 1.54) is 0 Å². The number of benzene rings is 1. The molecule has 1 aromatic rings. The van der Waals surface area contributed by atoms with Gasteiger partial charge >= 0.3 is 6.03 Å². The van der Waals surface area contributed by atoms with Gasteiger partial charge in [-0.2, -0.15) is 0 Å². The molecule has 1 saturated heterocycles. The van der Waals surface area contributed by atoms with Crippen molar-refractivity contribution in [1.29, 1.82) is 0 Å². The standard InChI is InChI=1S/C16H22N2O5/c1-11(13-3-2-7-21-13)18-16(19)17-6-8-20-12-4-5-14-15(9-12)23-10-22-14/h4-5,9,11,13H,2-3,6-8,10H2,1H3,(H2,17,18,19)/t11-,13+/m1/s1. The van der Waals surface area contributed by atoms with Crippen LogP contribution in [0.5, 0.6) is 17.2 Å². The van der Waals surface area contributed by atoms with Crippen LogP contribution < -0.4 is 24.8 Å². The Labute approximate surface area is 135 Å². The van der Waals surface area contributed by atoms with Crippen molar-refractivity contribution >= 4 is 6.03 Å². The van der Waals surface area contributed by atoms with Gasteiger partial charge < -0.3 is 29.6 Å². The lowest BCUT2D eigenvalue weighted by Crippen LogP contribution is -2.46. The highest BCUT2D eigenvalue weighted by molar-refractivity contribution is 5.74. The summed E-state index contributed by atoms with van der Waals surface area (Å²) in [4.78, 5) is 11.8. The number of nitrogens with one attached hydrogen (secondary N) is 2. The molecular formula is C16H22N2O5. The third-order valence-electron chi connectivity index (χ3n) is 3.88. The van der Waals surface area contributed by atoms with Crippen LogP contribution in [0.4, 0.5) is 4.79 Å². The predicted molar refractivity (Wildman–Crippen MR) is 83.0 cm³/mol. The summed E-state index contributed by atoms with van der Waals surface area (Å²) in [5.41, 5.74) is 0. The van der Waals surface area contributed by atoms with E-state index in [0.717, 1.165) is 25.2 Å². The number of carbonyl (C=O) groups is 1. The third-order valence-corrected chi connectivity index (χ3v) is 3.88. The van der Waals surface area contributed by atoms with Crippen LogP contribution in [0.25, 0.3) is 0 Å². The van der Waals surface area contributed by atoms with Crippen molar-refractivity contribution in [3.63, 3.8) is 0 Å². The summed E-state index contributed by atoms with van der Waals surface area (Å²) < 4.78 is 21.6. The number of hydrogen-bond acceptors (Lipinski definition) is 5. The Bertz CT molecular complexity index is 545. The van der Waals surface area contributed by atoms with E-state index in [0.29, 0.717) is 24.7 Å². The molecule has 0 bridgehead atoms.